The van der Waals surface area contributed by atoms with Crippen LogP contribution in [-0.4, -0.2) is 17.1 Å². The number of nitrogens with one attached hydrogen (secondary N) is 1. The molecule has 2 rings (SSSR count). The van der Waals surface area contributed by atoms with Crippen molar-refractivity contribution in [3.63, 3.8) is 0 Å². The molecule has 19 heavy (non-hydrogen) atoms. The standard InChI is InChI=1S/C14H16ClN3O/c1-9-4-5-11(6-10(9)2)16-13-7-12(15)17-14(18-13)8-19-3/h4-7H,8H2,1-3H3,(H,16,17,18). The molecular formula is C14H16ClN3O. The van der Waals surface area contributed by atoms with Crippen molar-refractivity contribution in [3.05, 3.63) is 46.4 Å². The van der Waals surface area contributed by atoms with E-state index >= 15 is 0 Å². The lowest BCUT2D eigenvalue weighted by Crippen LogP contribution is -2.01. The Bertz CT molecular complexity index is 587. The summed E-state index contributed by atoms with van der Waals surface area (Å²) in [5.74, 6) is 1.22. The number of aromatic nitrogens is 2. The Hall–Kier alpha value is -1.65. The van der Waals surface area contributed by atoms with Crippen molar-refractivity contribution in [1.29, 1.82) is 0 Å². The zero-order chi connectivity index (χ0) is 13.8. The molecule has 0 saturated heterocycles. The van der Waals surface area contributed by atoms with Crippen molar-refractivity contribution in [1.82, 2.24) is 9.97 Å². The van der Waals surface area contributed by atoms with Gasteiger partial charge in [0, 0.05) is 18.9 Å². The van der Waals surface area contributed by atoms with E-state index in [1.165, 1.54) is 11.1 Å². The van der Waals surface area contributed by atoms with E-state index in [1.807, 2.05) is 6.07 Å². The van der Waals surface area contributed by atoms with Gasteiger partial charge in [-0.05, 0) is 37.1 Å². The lowest BCUT2D eigenvalue weighted by Gasteiger charge is -2.09. The fraction of sp³-hybridized carbons (Fsp3) is 0.286. The molecule has 1 aromatic heterocycles. The largest absolute Gasteiger partial charge is 0.377 e. The fourth-order valence-electron chi connectivity index (χ4n) is 1.69. The molecule has 0 aliphatic carbocycles. The fourth-order valence-corrected chi connectivity index (χ4v) is 1.89. The molecule has 0 fully saturated rings. The van der Waals surface area contributed by atoms with Gasteiger partial charge in [-0.15, -0.1) is 0 Å². The normalized spacial score (nSPS) is 10.5. The third-order valence-corrected chi connectivity index (χ3v) is 2.99. The van der Waals surface area contributed by atoms with E-state index in [1.54, 1.807) is 13.2 Å². The molecule has 100 valence electrons. The number of nitrogens with zero attached hydrogens (tertiary/aromatic N) is 2. The first-order valence-corrected chi connectivity index (χ1v) is 6.33. The molecule has 1 aromatic carbocycles. The number of rotatable bonds is 4. The van der Waals surface area contributed by atoms with E-state index < -0.39 is 0 Å². The molecule has 0 spiro atoms. The minimum absolute atomic E-state index is 0.335. The van der Waals surface area contributed by atoms with Crippen LogP contribution in [0.5, 0.6) is 0 Å². The molecule has 1 heterocycles. The number of halogens is 1. The Morgan fingerprint density at radius 3 is 2.63 bits per heavy atom. The van der Waals surface area contributed by atoms with Crippen LogP contribution in [0.4, 0.5) is 11.5 Å². The van der Waals surface area contributed by atoms with Crippen molar-refractivity contribution in [3.8, 4) is 0 Å². The Balaban J connectivity index is 2.24. The van der Waals surface area contributed by atoms with Crippen LogP contribution in [0.15, 0.2) is 24.3 Å². The topological polar surface area (TPSA) is 47.0 Å². The van der Waals surface area contributed by atoms with Crippen molar-refractivity contribution in [2.45, 2.75) is 20.5 Å². The summed E-state index contributed by atoms with van der Waals surface area (Å²) in [5.41, 5.74) is 3.45. The molecule has 2 aromatic rings. The SMILES string of the molecule is COCc1nc(Cl)cc(Nc2ccc(C)c(C)c2)n1. The maximum absolute atomic E-state index is 5.96. The van der Waals surface area contributed by atoms with Crippen molar-refractivity contribution >= 4 is 23.1 Å². The van der Waals surface area contributed by atoms with Crippen LogP contribution >= 0.6 is 11.6 Å². The molecule has 4 nitrogen and oxygen atoms in total. The summed E-state index contributed by atoms with van der Waals surface area (Å²) in [7, 11) is 1.60. The van der Waals surface area contributed by atoms with Gasteiger partial charge < -0.3 is 10.1 Å². The van der Waals surface area contributed by atoms with E-state index in [4.69, 9.17) is 16.3 Å². The molecule has 5 heteroatoms. The van der Waals surface area contributed by atoms with Crippen LogP contribution in [-0.2, 0) is 11.3 Å². The van der Waals surface area contributed by atoms with Gasteiger partial charge in [-0.25, -0.2) is 9.97 Å². The number of anilines is 2. The van der Waals surface area contributed by atoms with E-state index in [9.17, 15) is 0 Å². The smallest absolute Gasteiger partial charge is 0.158 e. The minimum atomic E-state index is 0.335. The quantitative estimate of drug-likeness (QED) is 0.867. The predicted molar refractivity (Wildman–Crippen MR) is 77.0 cm³/mol. The Morgan fingerprint density at radius 2 is 1.95 bits per heavy atom. The number of benzene rings is 1. The maximum atomic E-state index is 5.96. The van der Waals surface area contributed by atoms with Crippen LogP contribution in [0.3, 0.4) is 0 Å². The summed E-state index contributed by atoms with van der Waals surface area (Å²) < 4.78 is 5.01. The second kappa shape index (κ2) is 5.99. The first-order valence-electron chi connectivity index (χ1n) is 5.95. The Labute approximate surface area is 117 Å². The summed E-state index contributed by atoms with van der Waals surface area (Å²) in [4.78, 5) is 8.43. The van der Waals surface area contributed by atoms with E-state index in [0.717, 1.165) is 5.69 Å². The van der Waals surface area contributed by atoms with Gasteiger partial charge in [0.2, 0.25) is 0 Å². The summed E-state index contributed by atoms with van der Waals surface area (Å²) in [6.07, 6.45) is 0. The Kier molecular flexibility index (Phi) is 4.35. The second-order valence-corrected chi connectivity index (χ2v) is 4.74. The van der Waals surface area contributed by atoms with Gasteiger partial charge in [0.1, 0.15) is 17.6 Å². The average molecular weight is 278 g/mol. The molecule has 0 saturated carbocycles. The Morgan fingerprint density at radius 1 is 1.16 bits per heavy atom. The second-order valence-electron chi connectivity index (χ2n) is 4.35. The van der Waals surface area contributed by atoms with Gasteiger partial charge in [-0.1, -0.05) is 17.7 Å². The highest BCUT2D eigenvalue weighted by Crippen LogP contribution is 2.20. The van der Waals surface area contributed by atoms with Crippen molar-refractivity contribution < 1.29 is 4.74 Å². The first-order chi connectivity index (χ1) is 9.08. The molecule has 1 N–H and O–H groups in total. The van der Waals surface area contributed by atoms with Gasteiger partial charge in [-0.3, -0.25) is 0 Å². The van der Waals surface area contributed by atoms with Crippen LogP contribution in [0.2, 0.25) is 5.15 Å². The lowest BCUT2D eigenvalue weighted by atomic mass is 10.1. The molecule has 0 bridgehead atoms. The molecular weight excluding hydrogens is 262 g/mol. The molecule has 0 aliphatic heterocycles. The minimum Gasteiger partial charge on any atom is -0.377 e. The molecule has 0 radical (unpaired) electrons. The third-order valence-electron chi connectivity index (χ3n) is 2.79. The van der Waals surface area contributed by atoms with Crippen LogP contribution < -0.4 is 5.32 Å². The van der Waals surface area contributed by atoms with Crippen molar-refractivity contribution in [2.24, 2.45) is 0 Å². The average Bonchev–Trinajstić information content (AvgIpc) is 2.33. The number of methoxy groups -OCH3 is 1. The summed E-state index contributed by atoms with van der Waals surface area (Å²) >= 11 is 5.96. The van der Waals surface area contributed by atoms with Gasteiger partial charge >= 0.3 is 0 Å². The van der Waals surface area contributed by atoms with E-state index in [2.05, 4.69) is 41.3 Å². The van der Waals surface area contributed by atoms with Crippen LogP contribution in [0.25, 0.3) is 0 Å². The summed E-state index contributed by atoms with van der Waals surface area (Å²) in [6.45, 7) is 4.49. The molecule has 0 aliphatic rings. The monoisotopic (exact) mass is 277 g/mol. The molecule has 0 atom stereocenters. The summed E-state index contributed by atoms with van der Waals surface area (Å²) in [6, 6.07) is 7.84. The molecule has 0 unspecified atom stereocenters. The van der Waals surface area contributed by atoms with Gasteiger partial charge in [0.05, 0.1) is 0 Å². The zero-order valence-corrected chi connectivity index (χ0v) is 12.0. The maximum Gasteiger partial charge on any atom is 0.158 e. The number of hydrogen-bond donors (Lipinski definition) is 1. The number of ether oxygens (including phenoxy) is 1. The predicted octanol–water partition coefficient (Wildman–Crippen LogP) is 3.64. The number of hydrogen-bond acceptors (Lipinski definition) is 4. The van der Waals surface area contributed by atoms with Crippen LogP contribution in [0.1, 0.15) is 17.0 Å². The lowest BCUT2D eigenvalue weighted by molar-refractivity contribution is 0.178. The highest BCUT2D eigenvalue weighted by Gasteiger charge is 2.04. The van der Waals surface area contributed by atoms with E-state index in [-0.39, 0.29) is 0 Å². The van der Waals surface area contributed by atoms with Crippen LogP contribution in [0, 0.1) is 13.8 Å². The summed E-state index contributed by atoms with van der Waals surface area (Å²) in [5, 5.41) is 3.62. The zero-order valence-electron chi connectivity index (χ0n) is 11.2. The molecule has 0 amide bonds. The van der Waals surface area contributed by atoms with Gasteiger partial charge in [0.15, 0.2) is 5.82 Å². The van der Waals surface area contributed by atoms with Gasteiger partial charge in [0.25, 0.3) is 0 Å². The van der Waals surface area contributed by atoms with Gasteiger partial charge in [-0.2, -0.15) is 0 Å². The van der Waals surface area contributed by atoms with Crippen molar-refractivity contribution in [2.75, 3.05) is 12.4 Å². The first kappa shape index (κ1) is 13.8. The highest BCUT2D eigenvalue weighted by atomic mass is 35.5. The highest BCUT2D eigenvalue weighted by molar-refractivity contribution is 6.29. The number of aryl methyl sites for hydroxylation is 2. The van der Waals surface area contributed by atoms with E-state index in [0.29, 0.717) is 23.4 Å². The third kappa shape index (κ3) is 3.66.